The fourth-order valence-electron chi connectivity index (χ4n) is 5.98. The first-order valence-electron chi connectivity index (χ1n) is 21.1. The molecule has 51 heavy (non-hydrogen) atoms. The molecule has 0 aliphatic rings. The van der Waals surface area contributed by atoms with E-state index in [1.165, 1.54) is 109 Å². The van der Waals surface area contributed by atoms with Crippen LogP contribution in [0.25, 0.3) is 0 Å². The molecule has 0 bridgehead atoms. The lowest BCUT2D eigenvalue weighted by Gasteiger charge is -2.23. The smallest absolute Gasteiger partial charge is 0.387 e. The van der Waals surface area contributed by atoms with Crippen LogP contribution in [-0.2, 0) is 18.4 Å². The predicted molar refractivity (Wildman–Crippen MR) is 217 cm³/mol. The van der Waals surface area contributed by atoms with Crippen molar-refractivity contribution in [2.24, 2.45) is 5.73 Å². The minimum Gasteiger partial charge on any atom is -0.387 e. The van der Waals surface area contributed by atoms with Gasteiger partial charge in [0.15, 0.2) is 0 Å². The number of nitrogens with two attached hydrogens (primary N) is 1. The van der Waals surface area contributed by atoms with E-state index >= 15 is 0 Å². The highest BCUT2D eigenvalue weighted by molar-refractivity contribution is 7.47. The highest BCUT2D eigenvalue weighted by Gasteiger charge is 2.26. The maximum absolute atomic E-state index is 12.7. The van der Waals surface area contributed by atoms with Crippen LogP contribution in [0.15, 0.2) is 36.5 Å². The Morgan fingerprint density at radius 3 is 1.57 bits per heavy atom. The van der Waals surface area contributed by atoms with Crippen molar-refractivity contribution in [3.05, 3.63) is 36.5 Å². The summed E-state index contributed by atoms with van der Waals surface area (Å²) in [5.41, 5.74) is 5.37. The summed E-state index contributed by atoms with van der Waals surface area (Å²) in [4.78, 5) is 22.7. The van der Waals surface area contributed by atoms with E-state index in [1.54, 1.807) is 6.08 Å². The van der Waals surface area contributed by atoms with Gasteiger partial charge < -0.3 is 21.1 Å². The molecule has 3 unspecified atom stereocenters. The van der Waals surface area contributed by atoms with Crippen LogP contribution in [0, 0.1) is 0 Å². The second kappa shape index (κ2) is 38.4. The number of amides is 1. The molecule has 0 aromatic carbocycles. The van der Waals surface area contributed by atoms with E-state index in [9.17, 15) is 19.4 Å². The van der Waals surface area contributed by atoms with E-state index < -0.39 is 20.0 Å². The minimum atomic E-state index is -4.34. The van der Waals surface area contributed by atoms with Gasteiger partial charge in [-0.05, 0) is 51.4 Å². The van der Waals surface area contributed by atoms with Gasteiger partial charge in [0.1, 0.15) is 0 Å². The number of allylic oxidation sites excluding steroid dienone is 5. The second-order valence-electron chi connectivity index (χ2n) is 14.2. The lowest BCUT2D eigenvalue weighted by molar-refractivity contribution is -0.123. The number of nitrogens with one attached hydrogen (secondary N) is 1. The Labute approximate surface area is 314 Å². The minimum absolute atomic E-state index is 0.0757. The molecule has 300 valence electrons. The maximum atomic E-state index is 12.7. The molecular formula is C42H81N2O6P. The Hall–Kier alpha value is -1.28. The Bertz CT molecular complexity index is 897. The third kappa shape index (κ3) is 36.9. The normalized spacial score (nSPS) is 14.5. The highest BCUT2D eigenvalue weighted by Crippen LogP contribution is 2.43. The van der Waals surface area contributed by atoms with Crippen LogP contribution in [0.4, 0.5) is 0 Å². The number of phosphoric acid groups is 1. The lowest BCUT2D eigenvalue weighted by Crippen LogP contribution is -2.45. The van der Waals surface area contributed by atoms with Gasteiger partial charge in [-0.1, -0.05) is 172 Å². The predicted octanol–water partition coefficient (Wildman–Crippen LogP) is 11.6. The van der Waals surface area contributed by atoms with Crippen molar-refractivity contribution in [2.45, 2.75) is 206 Å². The SMILES string of the molecule is CCCCCC/C=C\C/C=C\CCCCCCCC(=O)NC(COP(=O)(O)OCCN)C(O)/C=C/CCCCCCCCCCCCCCCC. The number of hydrogen-bond acceptors (Lipinski definition) is 6. The van der Waals surface area contributed by atoms with Crippen LogP contribution < -0.4 is 11.1 Å². The summed E-state index contributed by atoms with van der Waals surface area (Å²) in [6, 6.07) is -0.866. The molecule has 8 nitrogen and oxygen atoms in total. The van der Waals surface area contributed by atoms with Crippen molar-refractivity contribution in [3.8, 4) is 0 Å². The van der Waals surface area contributed by atoms with Crippen molar-refractivity contribution in [1.82, 2.24) is 5.32 Å². The van der Waals surface area contributed by atoms with Crippen molar-refractivity contribution in [3.63, 3.8) is 0 Å². The summed E-state index contributed by atoms with van der Waals surface area (Å²) in [6.45, 7) is 4.10. The fraction of sp³-hybridized carbons (Fsp3) is 0.833. The first kappa shape index (κ1) is 49.7. The monoisotopic (exact) mass is 741 g/mol. The molecule has 1 amide bonds. The third-order valence-corrected chi connectivity index (χ3v) is 10.2. The van der Waals surface area contributed by atoms with Gasteiger partial charge in [-0.3, -0.25) is 13.8 Å². The fourth-order valence-corrected chi connectivity index (χ4v) is 6.74. The first-order chi connectivity index (χ1) is 24.9. The van der Waals surface area contributed by atoms with Crippen molar-refractivity contribution >= 4 is 13.7 Å². The number of aliphatic hydroxyl groups is 1. The van der Waals surface area contributed by atoms with Crippen LogP contribution in [-0.4, -0.2) is 47.8 Å². The van der Waals surface area contributed by atoms with E-state index in [2.05, 4.69) is 43.5 Å². The van der Waals surface area contributed by atoms with Crippen LogP contribution >= 0.6 is 7.82 Å². The number of hydrogen-bond donors (Lipinski definition) is 4. The number of carbonyl (C=O) groups is 1. The molecule has 0 saturated carbocycles. The zero-order valence-electron chi connectivity index (χ0n) is 33.1. The molecule has 0 fully saturated rings. The van der Waals surface area contributed by atoms with E-state index in [4.69, 9.17) is 14.8 Å². The maximum Gasteiger partial charge on any atom is 0.472 e. The number of phosphoric ester groups is 1. The van der Waals surface area contributed by atoms with Crippen molar-refractivity contribution in [2.75, 3.05) is 19.8 Å². The van der Waals surface area contributed by atoms with Gasteiger partial charge in [-0.2, -0.15) is 0 Å². The largest absolute Gasteiger partial charge is 0.472 e. The zero-order valence-corrected chi connectivity index (χ0v) is 34.0. The highest BCUT2D eigenvalue weighted by atomic mass is 31.2. The zero-order chi connectivity index (χ0) is 37.5. The van der Waals surface area contributed by atoms with Crippen LogP contribution in [0.3, 0.4) is 0 Å². The molecule has 0 aromatic rings. The molecule has 0 saturated heterocycles. The van der Waals surface area contributed by atoms with Gasteiger partial charge in [-0.25, -0.2) is 4.57 Å². The molecule has 3 atom stereocenters. The van der Waals surface area contributed by atoms with Gasteiger partial charge in [0, 0.05) is 13.0 Å². The van der Waals surface area contributed by atoms with Gasteiger partial charge in [0.25, 0.3) is 0 Å². The summed E-state index contributed by atoms with van der Waals surface area (Å²) in [5.74, 6) is -0.208. The van der Waals surface area contributed by atoms with Crippen molar-refractivity contribution < 1.29 is 28.4 Å². The number of aliphatic hydroxyl groups excluding tert-OH is 1. The standard InChI is InChI=1S/C42H81N2O6P/c1-3-5-7-9-11-13-15-17-19-21-23-25-27-29-31-33-35-41(45)40(39-50-51(47,48)49-38-37-43)44-42(46)36-34-32-30-28-26-24-22-20-18-16-14-12-10-8-6-4-2/h14,16,20,22,33,35,40-41,45H,3-13,15,17-19,21,23-32,34,36-39,43H2,1-2H3,(H,44,46)(H,47,48)/b16-14-,22-20-,35-33+. The quantitative estimate of drug-likeness (QED) is 0.0280. The van der Waals surface area contributed by atoms with Crippen LogP contribution in [0.1, 0.15) is 194 Å². The molecule has 0 rings (SSSR count). The number of carbonyl (C=O) groups excluding carboxylic acids is 1. The summed E-state index contributed by atoms with van der Waals surface area (Å²) >= 11 is 0. The third-order valence-electron chi connectivity index (χ3n) is 9.21. The summed E-state index contributed by atoms with van der Waals surface area (Å²) in [6.07, 6.45) is 44.7. The topological polar surface area (TPSA) is 131 Å². The molecule has 0 spiro atoms. The van der Waals surface area contributed by atoms with Gasteiger partial charge in [-0.15, -0.1) is 0 Å². The molecule has 0 aromatic heterocycles. The summed E-state index contributed by atoms with van der Waals surface area (Å²) < 4.78 is 22.1. The Kier molecular flexibility index (Phi) is 37.5. The van der Waals surface area contributed by atoms with Crippen LogP contribution in [0.5, 0.6) is 0 Å². The molecule has 0 aliphatic carbocycles. The molecule has 5 N–H and O–H groups in total. The second-order valence-corrected chi connectivity index (χ2v) is 15.7. The molecule has 9 heteroatoms. The van der Waals surface area contributed by atoms with Gasteiger partial charge >= 0.3 is 7.82 Å². The van der Waals surface area contributed by atoms with E-state index in [0.29, 0.717) is 6.42 Å². The molecule has 0 aliphatic heterocycles. The van der Waals surface area contributed by atoms with E-state index in [0.717, 1.165) is 64.2 Å². The first-order valence-corrected chi connectivity index (χ1v) is 22.6. The Morgan fingerprint density at radius 2 is 1.08 bits per heavy atom. The Morgan fingerprint density at radius 1 is 0.647 bits per heavy atom. The summed E-state index contributed by atoms with van der Waals surface area (Å²) in [7, 11) is -4.34. The van der Waals surface area contributed by atoms with Gasteiger partial charge in [0.2, 0.25) is 5.91 Å². The molecule has 0 radical (unpaired) electrons. The lowest BCUT2D eigenvalue weighted by atomic mass is 10.0. The van der Waals surface area contributed by atoms with Crippen LogP contribution in [0.2, 0.25) is 0 Å². The number of unbranched alkanes of at least 4 members (excludes halogenated alkanes) is 23. The Balaban J connectivity index is 4.28. The summed E-state index contributed by atoms with van der Waals surface area (Å²) in [5, 5.41) is 13.6. The van der Waals surface area contributed by atoms with Gasteiger partial charge in [0.05, 0.1) is 25.4 Å². The average molecular weight is 741 g/mol. The molecule has 0 heterocycles. The molecular weight excluding hydrogens is 659 g/mol. The average Bonchev–Trinajstić information content (AvgIpc) is 3.12. The van der Waals surface area contributed by atoms with E-state index in [-0.39, 0.29) is 25.7 Å². The van der Waals surface area contributed by atoms with Crippen molar-refractivity contribution in [1.29, 1.82) is 0 Å². The van der Waals surface area contributed by atoms with E-state index in [1.807, 2.05) is 6.08 Å². The number of rotatable bonds is 39.